The molecular weight excluding hydrogens is 294 g/mol. The number of carbonyl (C=O) groups excluding carboxylic acids is 2. The molecule has 23 heavy (non-hydrogen) atoms. The Morgan fingerprint density at radius 3 is 2.43 bits per heavy atom. The number of ether oxygens (including phenoxy) is 1. The monoisotopic (exact) mass is 318 g/mol. The number of quaternary nitrogens is 1. The van der Waals surface area contributed by atoms with Gasteiger partial charge in [-0.25, -0.2) is 0 Å². The summed E-state index contributed by atoms with van der Waals surface area (Å²) < 4.78 is 5.31. The first-order valence-corrected chi connectivity index (χ1v) is 7.63. The van der Waals surface area contributed by atoms with E-state index in [1.807, 2.05) is 13.1 Å². The van der Waals surface area contributed by atoms with Crippen molar-refractivity contribution in [3.63, 3.8) is 0 Å². The molecule has 0 fully saturated rings. The Hall–Kier alpha value is -1.98. The van der Waals surface area contributed by atoms with Gasteiger partial charge in [0.2, 0.25) is 5.76 Å². The summed E-state index contributed by atoms with van der Waals surface area (Å²) >= 11 is 0. The molecule has 1 N–H and O–H groups in total. The normalized spacial score (nSPS) is 24.5. The Bertz CT molecular complexity index is 630. The van der Waals surface area contributed by atoms with Crippen LogP contribution in [0.4, 0.5) is 0 Å². The molecule has 0 saturated heterocycles. The van der Waals surface area contributed by atoms with Crippen molar-refractivity contribution >= 4 is 11.6 Å². The number of likely N-dealkylation sites (N-methyl/N-ethyl adjacent to an activating group) is 1. The molecule has 0 spiro atoms. The smallest absolute Gasteiger partial charge is 0.260 e. The summed E-state index contributed by atoms with van der Waals surface area (Å²) in [6.45, 7) is 3.70. The molecule has 0 aromatic heterocycles. The lowest BCUT2D eigenvalue weighted by atomic mass is 9.98. The van der Waals surface area contributed by atoms with Crippen LogP contribution in [-0.2, 0) is 9.53 Å². The average Bonchev–Trinajstić information content (AvgIpc) is 2.70. The minimum absolute atomic E-state index is 0.0821. The minimum Gasteiger partial charge on any atom is -0.489 e. The molecule has 0 saturated carbocycles. The summed E-state index contributed by atoms with van der Waals surface area (Å²) in [5.74, 6) is -0.0269. The van der Waals surface area contributed by atoms with Crippen LogP contribution in [0, 0.1) is 0 Å². The van der Waals surface area contributed by atoms with Crippen LogP contribution < -0.4 is 0 Å². The number of carbonyl (C=O) groups is 2. The summed E-state index contributed by atoms with van der Waals surface area (Å²) in [6.07, 6.45) is 1.78. The van der Waals surface area contributed by atoms with Crippen molar-refractivity contribution in [2.24, 2.45) is 0 Å². The number of Topliss-reactive ketones (excluding diaryl/α,β-unsaturated/α-hetero) is 2. The third-order valence-electron chi connectivity index (χ3n) is 4.09. The van der Waals surface area contributed by atoms with Crippen molar-refractivity contribution in [2.45, 2.75) is 31.9 Å². The Balaban J connectivity index is 2.27. The summed E-state index contributed by atoms with van der Waals surface area (Å²) in [5, 5.41) is 10.2. The standard InChI is InChI=1S/C18H24NO4/c1-18(2,22)12-19(3)11-16(23-4)17(21)14(19)10-15(20)13-8-6-5-7-9-13/h5-9,11,14,22H,10,12H2,1-4H3/q+1. The van der Waals surface area contributed by atoms with E-state index >= 15 is 0 Å². The minimum atomic E-state index is -0.969. The number of hydrogen-bond acceptors (Lipinski definition) is 4. The largest absolute Gasteiger partial charge is 0.489 e. The van der Waals surface area contributed by atoms with Crippen molar-refractivity contribution in [1.29, 1.82) is 0 Å². The Labute approximate surface area is 136 Å². The number of methoxy groups -OCH3 is 1. The molecule has 124 valence electrons. The van der Waals surface area contributed by atoms with Crippen LogP contribution in [0.5, 0.6) is 0 Å². The lowest BCUT2D eigenvalue weighted by Crippen LogP contribution is -2.55. The lowest BCUT2D eigenvalue weighted by Gasteiger charge is -2.36. The second-order valence-corrected chi connectivity index (χ2v) is 6.89. The van der Waals surface area contributed by atoms with Crippen molar-refractivity contribution in [3.8, 4) is 0 Å². The first-order valence-electron chi connectivity index (χ1n) is 7.63. The molecule has 1 aliphatic rings. The van der Waals surface area contributed by atoms with E-state index in [1.165, 1.54) is 7.11 Å². The molecule has 5 nitrogen and oxygen atoms in total. The second kappa shape index (κ2) is 6.26. The molecule has 2 rings (SSSR count). The van der Waals surface area contributed by atoms with Gasteiger partial charge in [-0.05, 0) is 13.8 Å². The molecule has 1 heterocycles. The SMILES string of the molecule is COC1=C[N+](C)(CC(C)(C)O)C(CC(=O)c2ccccc2)C1=O. The van der Waals surface area contributed by atoms with Gasteiger partial charge in [0, 0.05) is 5.56 Å². The zero-order valence-corrected chi connectivity index (χ0v) is 14.1. The number of rotatable bonds is 6. The molecule has 0 aliphatic carbocycles. The van der Waals surface area contributed by atoms with Crippen molar-refractivity contribution in [2.75, 3.05) is 20.7 Å². The van der Waals surface area contributed by atoms with Gasteiger partial charge in [0.05, 0.1) is 20.6 Å². The summed E-state index contributed by atoms with van der Waals surface area (Å²) in [4.78, 5) is 25.1. The van der Waals surface area contributed by atoms with Crippen molar-refractivity contribution in [3.05, 3.63) is 47.9 Å². The number of nitrogens with zero attached hydrogens (tertiary/aromatic N) is 1. The van der Waals surface area contributed by atoms with E-state index in [0.29, 0.717) is 12.1 Å². The highest BCUT2D eigenvalue weighted by atomic mass is 16.5. The van der Waals surface area contributed by atoms with Gasteiger partial charge in [0.15, 0.2) is 11.8 Å². The van der Waals surface area contributed by atoms with Gasteiger partial charge in [-0.1, -0.05) is 30.3 Å². The van der Waals surface area contributed by atoms with Crippen molar-refractivity contribution < 1.29 is 23.9 Å². The maximum absolute atomic E-state index is 12.6. The summed E-state index contributed by atoms with van der Waals surface area (Å²) in [7, 11) is 3.28. The van der Waals surface area contributed by atoms with Gasteiger partial charge in [0.1, 0.15) is 18.3 Å². The highest BCUT2D eigenvalue weighted by Crippen LogP contribution is 2.31. The Kier molecular flexibility index (Phi) is 4.73. The fourth-order valence-corrected chi connectivity index (χ4v) is 3.22. The number of benzene rings is 1. The molecular formula is C18H24NO4+. The molecule has 5 heteroatoms. The van der Waals surface area contributed by atoms with Crippen molar-refractivity contribution in [1.82, 2.24) is 0 Å². The van der Waals surface area contributed by atoms with Crippen LogP contribution in [-0.4, -0.2) is 53.5 Å². The number of ketones is 2. The van der Waals surface area contributed by atoms with Gasteiger partial charge in [-0.2, -0.15) is 0 Å². The van der Waals surface area contributed by atoms with E-state index in [2.05, 4.69) is 0 Å². The molecule has 1 aromatic carbocycles. The zero-order chi connectivity index (χ0) is 17.3. The predicted octanol–water partition coefficient (Wildman–Crippen LogP) is 1.92. The first kappa shape index (κ1) is 17.4. The Morgan fingerprint density at radius 1 is 1.30 bits per heavy atom. The van der Waals surface area contributed by atoms with E-state index in [-0.39, 0.29) is 28.2 Å². The maximum Gasteiger partial charge on any atom is 0.260 e. The van der Waals surface area contributed by atoms with Crippen LogP contribution in [0.3, 0.4) is 0 Å². The molecule has 0 amide bonds. The molecule has 1 aromatic rings. The summed E-state index contributed by atoms with van der Waals surface area (Å²) in [6, 6.07) is 8.35. The quantitative estimate of drug-likeness (QED) is 0.643. The first-order chi connectivity index (χ1) is 10.7. The number of aliphatic hydroxyl groups is 1. The van der Waals surface area contributed by atoms with E-state index in [1.54, 1.807) is 44.3 Å². The van der Waals surface area contributed by atoms with Crippen LogP contribution in [0.1, 0.15) is 30.6 Å². The van der Waals surface area contributed by atoms with E-state index in [0.717, 1.165) is 0 Å². The topological polar surface area (TPSA) is 63.6 Å². The second-order valence-electron chi connectivity index (χ2n) is 6.89. The van der Waals surface area contributed by atoms with Gasteiger partial charge in [-0.3, -0.25) is 14.1 Å². The lowest BCUT2D eigenvalue weighted by molar-refractivity contribution is -0.877. The van der Waals surface area contributed by atoms with Gasteiger partial charge in [-0.15, -0.1) is 0 Å². The fourth-order valence-electron chi connectivity index (χ4n) is 3.22. The summed E-state index contributed by atoms with van der Waals surface area (Å²) in [5.41, 5.74) is -0.385. The fraction of sp³-hybridized carbons (Fsp3) is 0.444. The van der Waals surface area contributed by atoms with Crippen LogP contribution in [0.2, 0.25) is 0 Å². The highest BCUT2D eigenvalue weighted by molar-refractivity contribution is 6.04. The van der Waals surface area contributed by atoms with Crippen LogP contribution in [0.25, 0.3) is 0 Å². The molecule has 0 bridgehead atoms. The molecule has 0 radical (unpaired) electrons. The molecule has 1 aliphatic heterocycles. The maximum atomic E-state index is 12.6. The van der Waals surface area contributed by atoms with E-state index in [9.17, 15) is 14.7 Å². The third-order valence-corrected chi connectivity index (χ3v) is 4.09. The van der Waals surface area contributed by atoms with Gasteiger partial charge < -0.3 is 9.84 Å². The average molecular weight is 318 g/mol. The van der Waals surface area contributed by atoms with Gasteiger partial charge >= 0.3 is 0 Å². The number of hydrogen-bond donors (Lipinski definition) is 1. The Morgan fingerprint density at radius 2 is 1.91 bits per heavy atom. The zero-order valence-electron chi connectivity index (χ0n) is 14.1. The van der Waals surface area contributed by atoms with Crippen LogP contribution in [0.15, 0.2) is 42.3 Å². The molecule has 2 unspecified atom stereocenters. The molecule has 2 atom stereocenters. The van der Waals surface area contributed by atoms with E-state index in [4.69, 9.17) is 4.74 Å². The van der Waals surface area contributed by atoms with E-state index < -0.39 is 11.6 Å². The highest BCUT2D eigenvalue weighted by Gasteiger charge is 2.49. The van der Waals surface area contributed by atoms with Crippen LogP contribution >= 0.6 is 0 Å². The van der Waals surface area contributed by atoms with Gasteiger partial charge in [0.25, 0.3) is 5.78 Å². The third kappa shape index (κ3) is 3.86. The predicted molar refractivity (Wildman–Crippen MR) is 86.6 cm³/mol.